The zero-order valence-corrected chi connectivity index (χ0v) is 28.7. The maximum absolute atomic E-state index is 16.2. The van der Waals surface area contributed by atoms with Crippen LogP contribution in [-0.2, 0) is 39.4 Å². The molecule has 6 rings (SSSR count). The van der Waals surface area contributed by atoms with Gasteiger partial charge in [0.15, 0.2) is 5.60 Å². The van der Waals surface area contributed by atoms with Gasteiger partial charge in [0.2, 0.25) is 14.3 Å². The van der Waals surface area contributed by atoms with Crippen LogP contribution in [0.2, 0.25) is 18.6 Å². The molecule has 1 spiro atoms. The molecule has 48 heavy (non-hydrogen) atoms. The van der Waals surface area contributed by atoms with Crippen LogP contribution in [-0.4, -0.2) is 64.5 Å². The summed E-state index contributed by atoms with van der Waals surface area (Å²) in [5, 5.41) is 29.4. The van der Waals surface area contributed by atoms with E-state index in [9.17, 15) is 24.8 Å². The average molecular weight is 679 g/mol. The first-order valence-corrected chi connectivity index (χ1v) is 19.8. The molecule has 2 fully saturated rings. The van der Waals surface area contributed by atoms with Gasteiger partial charge in [-0.05, 0) is 56.1 Å². The summed E-state index contributed by atoms with van der Waals surface area (Å²) in [4.78, 5) is 42.4. The maximum Gasteiger partial charge on any atom is 0.269 e. The number of rotatable bonds is 10. The summed E-state index contributed by atoms with van der Waals surface area (Å²) < 4.78 is 24.6. The van der Waals surface area contributed by atoms with Gasteiger partial charge in [0.1, 0.15) is 0 Å². The number of halogens is 1. The number of benzene rings is 2. The molecule has 1 N–H and O–H groups in total. The lowest BCUT2D eigenvalue weighted by Crippen LogP contribution is -2.45. The van der Waals surface area contributed by atoms with E-state index >= 15 is 4.11 Å². The smallest absolute Gasteiger partial charge is 0.269 e. The van der Waals surface area contributed by atoms with E-state index in [0.29, 0.717) is 49.3 Å². The summed E-state index contributed by atoms with van der Waals surface area (Å²) in [6.45, 7) is 6.20. The van der Waals surface area contributed by atoms with Crippen LogP contribution in [0.15, 0.2) is 48.7 Å². The highest BCUT2D eigenvalue weighted by molar-refractivity contribution is 6.72. The van der Waals surface area contributed by atoms with Crippen LogP contribution in [0.25, 0.3) is 0 Å². The van der Waals surface area contributed by atoms with Gasteiger partial charge in [-0.2, -0.15) is 0 Å². The van der Waals surface area contributed by atoms with E-state index in [0.717, 1.165) is 36.9 Å². The van der Waals surface area contributed by atoms with Crippen molar-refractivity contribution in [2.75, 3.05) is 23.0 Å². The Kier molecular flexibility index (Phi) is 9.51. The molecule has 3 aliphatic heterocycles. The number of nitrogens with zero attached hydrogens (tertiary/aromatic N) is 6. The van der Waals surface area contributed by atoms with Crippen molar-refractivity contribution in [1.29, 1.82) is 0 Å². The lowest BCUT2D eigenvalue weighted by molar-refractivity contribution is -0.385. The lowest BCUT2D eigenvalue weighted by Gasteiger charge is -2.31. The molecular weight excluding hydrogens is 635 g/mol. The monoisotopic (exact) mass is 678 g/mol. The zero-order chi connectivity index (χ0) is 34.2. The molecule has 0 unspecified atom stereocenters. The lowest BCUT2D eigenvalue weighted by atomic mass is 9.82. The van der Waals surface area contributed by atoms with Gasteiger partial charge in [0.05, 0.1) is 29.0 Å². The second kappa shape index (κ2) is 13.5. The first-order chi connectivity index (χ1) is 22.9. The number of anilines is 2. The Labute approximate surface area is 280 Å². The van der Waals surface area contributed by atoms with Crippen LogP contribution in [0, 0.1) is 16.0 Å². The fraction of sp³-hybridized carbons (Fsp3) is 0.529. The molecular formula is C34H43FN6O6Si. The number of aromatic nitrogens is 3. The van der Waals surface area contributed by atoms with Crippen molar-refractivity contribution in [3.05, 3.63) is 75.6 Å². The molecule has 0 radical (unpaired) electrons. The number of aliphatic hydroxyl groups excluding tert-OH is 1. The molecule has 2 amide bonds. The molecule has 2 aromatic carbocycles. The topological polar surface area (TPSA) is 144 Å². The van der Waals surface area contributed by atoms with Crippen molar-refractivity contribution in [3.8, 4) is 0 Å². The average Bonchev–Trinajstić information content (AvgIpc) is 3.68. The minimum absolute atomic E-state index is 0.0550. The molecule has 1 aromatic heterocycles. The Morgan fingerprint density at radius 1 is 1.12 bits per heavy atom. The quantitative estimate of drug-likeness (QED) is 0.129. The van der Waals surface area contributed by atoms with Crippen LogP contribution in [0.1, 0.15) is 62.3 Å². The molecule has 0 bridgehead atoms. The molecule has 4 atom stereocenters. The summed E-state index contributed by atoms with van der Waals surface area (Å²) in [5.74, 6) is -0.862. The molecule has 4 heterocycles. The number of aliphatic hydroxyl groups is 1. The molecule has 2 saturated heterocycles. The van der Waals surface area contributed by atoms with Crippen molar-refractivity contribution >= 4 is 37.3 Å². The first-order valence-electron chi connectivity index (χ1n) is 16.8. The van der Waals surface area contributed by atoms with E-state index in [4.69, 9.17) is 4.74 Å². The Hall–Kier alpha value is -4.01. The molecule has 0 aliphatic carbocycles. The molecule has 3 aromatic rings. The minimum atomic E-state index is -3.45. The number of carbonyl (C=O) groups is 2. The fourth-order valence-corrected chi connectivity index (χ4v) is 10.5. The van der Waals surface area contributed by atoms with Crippen molar-refractivity contribution in [1.82, 2.24) is 15.0 Å². The van der Waals surface area contributed by atoms with Crippen LogP contribution in [0.3, 0.4) is 0 Å². The zero-order valence-electron chi connectivity index (χ0n) is 27.7. The van der Waals surface area contributed by atoms with Gasteiger partial charge in [-0.3, -0.25) is 24.4 Å². The number of ether oxygens (including phenoxy) is 1. The van der Waals surface area contributed by atoms with Gasteiger partial charge in [-0.15, -0.1) is 5.10 Å². The van der Waals surface area contributed by atoms with Gasteiger partial charge >= 0.3 is 0 Å². The summed E-state index contributed by atoms with van der Waals surface area (Å²) >= 11 is 0. The number of hydrogen-bond donors (Lipinski definition) is 1. The standard InChI is InChI=1S/C34H43FN6O6Si/c1-23-32(48(2,3)35)30(15-18-38-22-25(16-19-42)36-37-38)47-34(23)28-20-27(41(45)46)13-14-29(28)40(33(34)44)21-24-9-11-26(12-10-24)39-17-7-5-4-6-8-31(39)43/h9-14,20,22-23,30,32,42H,4-8,15-19,21H2,1-3H3/t23-,30+,32-,34+/m0/s1. The Morgan fingerprint density at radius 3 is 2.58 bits per heavy atom. The largest absolute Gasteiger partial charge is 0.396 e. The van der Waals surface area contributed by atoms with Crippen LogP contribution >= 0.6 is 0 Å². The summed E-state index contributed by atoms with van der Waals surface area (Å²) in [7, 11) is -3.45. The second-order valence-electron chi connectivity index (χ2n) is 13.7. The number of nitro groups is 1. The normalized spacial score (nSPS) is 24.6. The molecule has 12 nitrogen and oxygen atoms in total. The van der Waals surface area contributed by atoms with Gasteiger partial charge < -0.3 is 23.8 Å². The SMILES string of the molecule is C[C@H]1[C@H]([Si](C)(C)F)[C@@H](CCn2cc(CCO)nn2)O[C@]12C(=O)N(Cc1ccc(N3CCCCCCC3=O)cc1)c1ccc([N+](=O)[O-])cc12. The number of amides is 2. The van der Waals surface area contributed by atoms with Crippen LogP contribution < -0.4 is 9.80 Å². The summed E-state index contributed by atoms with van der Waals surface area (Å²) in [6, 6.07) is 12.0. The second-order valence-corrected chi connectivity index (χ2v) is 17.5. The van der Waals surface area contributed by atoms with Gasteiger partial charge in [-0.1, -0.05) is 37.1 Å². The van der Waals surface area contributed by atoms with E-state index in [1.807, 2.05) is 36.1 Å². The fourth-order valence-electron chi connectivity index (χ4n) is 7.91. The summed E-state index contributed by atoms with van der Waals surface area (Å²) in [6.07, 6.45) is 6.32. The minimum Gasteiger partial charge on any atom is -0.396 e. The predicted molar refractivity (Wildman–Crippen MR) is 180 cm³/mol. The maximum atomic E-state index is 16.2. The van der Waals surface area contributed by atoms with Crippen molar-refractivity contribution in [3.63, 3.8) is 0 Å². The third kappa shape index (κ3) is 6.28. The van der Waals surface area contributed by atoms with Crippen molar-refractivity contribution in [2.45, 2.75) is 95.3 Å². The van der Waals surface area contributed by atoms with E-state index in [1.54, 1.807) is 34.9 Å². The van der Waals surface area contributed by atoms with Crippen LogP contribution in [0.4, 0.5) is 21.2 Å². The molecule has 256 valence electrons. The number of carbonyl (C=O) groups excluding carboxylic acids is 2. The molecule has 14 heteroatoms. The van der Waals surface area contributed by atoms with Crippen molar-refractivity contribution in [2.24, 2.45) is 5.92 Å². The molecule has 0 saturated carbocycles. The number of fused-ring (bicyclic) bond motifs is 2. The van der Waals surface area contributed by atoms with E-state index in [1.165, 1.54) is 12.1 Å². The van der Waals surface area contributed by atoms with Crippen LogP contribution in [0.5, 0.6) is 0 Å². The third-order valence-corrected chi connectivity index (χ3v) is 12.6. The highest BCUT2D eigenvalue weighted by Gasteiger charge is 2.66. The number of nitro benzene ring substituents is 1. The highest BCUT2D eigenvalue weighted by Crippen LogP contribution is 2.60. The third-order valence-electron chi connectivity index (χ3n) is 10.2. The van der Waals surface area contributed by atoms with Gasteiger partial charge in [0.25, 0.3) is 11.6 Å². The van der Waals surface area contributed by atoms with Gasteiger partial charge in [0, 0.05) is 73.6 Å². The molecule has 3 aliphatic rings. The number of aryl methyl sites for hydroxylation is 1. The Bertz CT molecular complexity index is 1680. The van der Waals surface area contributed by atoms with E-state index in [-0.39, 0.29) is 30.7 Å². The van der Waals surface area contributed by atoms with Crippen molar-refractivity contribution < 1.29 is 28.5 Å². The predicted octanol–water partition coefficient (Wildman–Crippen LogP) is 5.43. The number of hydrogen-bond acceptors (Lipinski definition) is 8. The Morgan fingerprint density at radius 2 is 1.88 bits per heavy atom. The summed E-state index contributed by atoms with van der Waals surface area (Å²) in [5.41, 5.74) is 0.800. The van der Waals surface area contributed by atoms with E-state index in [2.05, 4.69) is 10.3 Å². The highest BCUT2D eigenvalue weighted by atomic mass is 28.4. The number of non-ortho nitro benzene ring substituents is 1. The van der Waals surface area contributed by atoms with E-state index < -0.39 is 36.5 Å². The Balaban J connectivity index is 1.31. The first kappa shape index (κ1) is 33.9. The van der Waals surface area contributed by atoms with Gasteiger partial charge in [-0.25, -0.2) is 0 Å².